The molecule has 1 aliphatic heterocycles. The predicted octanol–water partition coefficient (Wildman–Crippen LogP) is 0.667. The fourth-order valence-corrected chi connectivity index (χ4v) is 4.21. The molecule has 1 aromatic rings. The lowest BCUT2D eigenvalue weighted by atomic mass is 10.1. The van der Waals surface area contributed by atoms with Gasteiger partial charge in [0.15, 0.2) is 18.5 Å². The van der Waals surface area contributed by atoms with Crippen LogP contribution < -0.4 is 10.3 Å². The lowest BCUT2D eigenvalue weighted by molar-refractivity contribution is -0.765. The number of nitrogens with zero attached hydrogens (tertiary/aromatic N) is 1. The summed E-state index contributed by atoms with van der Waals surface area (Å²) in [5.74, 6) is -0.639. The number of phosphoric acid groups is 1. The lowest BCUT2D eigenvalue weighted by Crippen LogP contribution is -2.46. The fourth-order valence-electron chi connectivity index (χ4n) is 2.68. The van der Waals surface area contributed by atoms with E-state index in [9.17, 15) is 19.6 Å². The molecule has 2 unspecified atom stereocenters. The van der Waals surface area contributed by atoms with Crippen LogP contribution >= 0.6 is 7.82 Å². The number of aliphatic hydroxyl groups excluding tert-OH is 2. The molecular formula is C17H28N2O8P+. The molecule has 0 bridgehead atoms. The van der Waals surface area contributed by atoms with Gasteiger partial charge < -0.3 is 20.7 Å². The molecule has 11 heteroatoms. The molecule has 1 amide bonds. The number of aliphatic hydroxyl groups is 2. The van der Waals surface area contributed by atoms with Crippen LogP contribution in [0.3, 0.4) is 0 Å². The SMILES string of the molecule is CC(C)OP(=O)(OCC1OC([n+]2cccc(C(N)=O)c2)[C@H](O)[C@@H]1O)OC(C)C. The molecule has 158 valence electrons. The van der Waals surface area contributed by atoms with Crippen LogP contribution in [-0.2, 0) is 22.9 Å². The Hall–Kier alpha value is -1.39. The Labute approximate surface area is 163 Å². The first-order valence-electron chi connectivity index (χ1n) is 8.96. The van der Waals surface area contributed by atoms with Crippen molar-refractivity contribution in [1.82, 2.24) is 0 Å². The van der Waals surface area contributed by atoms with Gasteiger partial charge in [-0.05, 0) is 33.8 Å². The highest BCUT2D eigenvalue weighted by Crippen LogP contribution is 2.52. The maximum absolute atomic E-state index is 12.7. The summed E-state index contributed by atoms with van der Waals surface area (Å²) in [7, 11) is -3.88. The first-order valence-corrected chi connectivity index (χ1v) is 10.4. The van der Waals surface area contributed by atoms with Crippen molar-refractivity contribution >= 4 is 13.7 Å². The Morgan fingerprint density at radius 3 is 2.39 bits per heavy atom. The van der Waals surface area contributed by atoms with Crippen LogP contribution in [0.1, 0.15) is 44.3 Å². The van der Waals surface area contributed by atoms with E-state index in [1.165, 1.54) is 16.8 Å². The molecule has 0 saturated carbocycles. The van der Waals surface area contributed by atoms with Crippen molar-refractivity contribution in [2.45, 2.75) is 64.4 Å². The van der Waals surface area contributed by atoms with Gasteiger partial charge in [0.1, 0.15) is 17.8 Å². The van der Waals surface area contributed by atoms with E-state index in [1.54, 1.807) is 40.0 Å². The number of ether oxygens (including phenoxy) is 1. The van der Waals surface area contributed by atoms with Gasteiger partial charge in [-0.1, -0.05) is 0 Å². The van der Waals surface area contributed by atoms with Gasteiger partial charge in [-0.15, -0.1) is 0 Å². The number of hydrogen-bond donors (Lipinski definition) is 3. The van der Waals surface area contributed by atoms with E-state index in [0.717, 1.165) is 0 Å². The smallest absolute Gasteiger partial charge is 0.387 e. The van der Waals surface area contributed by atoms with Crippen molar-refractivity contribution in [1.29, 1.82) is 0 Å². The summed E-state index contributed by atoms with van der Waals surface area (Å²) in [4.78, 5) is 11.3. The molecule has 1 aromatic heterocycles. The molecule has 0 aliphatic carbocycles. The Morgan fingerprint density at radius 1 is 1.25 bits per heavy atom. The standard InChI is InChI=1S/C17H27N2O8P/c1-10(2)26-28(23,27-11(3)4)24-9-13-14(20)15(21)17(25-13)19-7-5-6-12(8-19)16(18)22/h5-8,10-11,13-15,17,20-21H,9H2,1-4H3,(H-,18,22)/p+1/t13?,14-,15-,17?/m1/s1. The second-order valence-electron chi connectivity index (χ2n) is 7.00. The second-order valence-corrected chi connectivity index (χ2v) is 8.58. The van der Waals surface area contributed by atoms with Gasteiger partial charge in [0, 0.05) is 6.07 Å². The number of primary amides is 1. The molecule has 2 rings (SSSR count). The molecule has 4 atom stereocenters. The minimum absolute atomic E-state index is 0.215. The van der Waals surface area contributed by atoms with Gasteiger partial charge in [-0.25, -0.2) is 4.57 Å². The first kappa shape index (κ1) is 22.9. The average molecular weight is 419 g/mol. The van der Waals surface area contributed by atoms with Crippen molar-refractivity contribution in [2.24, 2.45) is 5.73 Å². The minimum atomic E-state index is -3.88. The number of rotatable bonds is 9. The van der Waals surface area contributed by atoms with Crippen molar-refractivity contribution < 1.29 is 42.4 Å². The summed E-state index contributed by atoms with van der Waals surface area (Å²) in [5.41, 5.74) is 5.48. The summed E-state index contributed by atoms with van der Waals surface area (Å²) in [5, 5.41) is 20.6. The molecule has 10 nitrogen and oxygen atoms in total. The van der Waals surface area contributed by atoms with Gasteiger partial charge in [0.25, 0.3) is 12.1 Å². The topological polar surface area (TPSA) is 141 Å². The van der Waals surface area contributed by atoms with Crippen LogP contribution in [0.4, 0.5) is 0 Å². The van der Waals surface area contributed by atoms with E-state index in [0.29, 0.717) is 0 Å². The third-order valence-electron chi connectivity index (χ3n) is 3.81. The lowest BCUT2D eigenvalue weighted by Gasteiger charge is -2.23. The largest absolute Gasteiger partial charge is 0.475 e. The van der Waals surface area contributed by atoms with Crippen molar-refractivity contribution in [2.75, 3.05) is 6.61 Å². The Bertz CT molecular complexity index is 715. The summed E-state index contributed by atoms with van der Waals surface area (Å²) in [6.45, 7) is 6.40. The first-order chi connectivity index (χ1) is 13.0. The normalized spacial score (nSPS) is 25.6. The zero-order valence-corrected chi connectivity index (χ0v) is 17.2. The van der Waals surface area contributed by atoms with Gasteiger partial charge in [-0.2, -0.15) is 4.57 Å². The second kappa shape index (κ2) is 9.41. The summed E-state index contributed by atoms with van der Waals surface area (Å²) in [6.07, 6.45) is -2.47. The fraction of sp³-hybridized carbons (Fsp3) is 0.647. The van der Waals surface area contributed by atoms with Gasteiger partial charge >= 0.3 is 7.82 Å². The average Bonchev–Trinajstić information content (AvgIpc) is 2.87. The number of hydrogen-bond acceptors (Lipinski definition) is 8. The predicted molar refractivity (Wildman–Crippen MR) is 97.1 cm³/mol. The Kier molecular flexibility index (Phi) is 7.69. The van der Waals surface area contributed by atoms with Crippen molar-refractivity contribution in [3.8, 4) is 0 Å². The number of pyridine rings is 1. The maximum Gasteiger partial charge on any atom is 0.475 e. The molecular weight excluding hydrogens is 391 g/mol. The highest BCUT2D eigenvalue weighted by molar-refractivity contribution is 7.48. The monoisotopic (exact) mass is 419 g/mol. The molecule has 0 spiro atoms. The minimum Gasteiger partial charge on any atom is -0.387 e. The quantitative estimate of drug-likeness (QED) is 0.392. The van der Waals surface area contributed by atoms with Crippen LogP contribution in [0.15, 0.2) is 24.5 Å². The Morgan fingerprint density at radius 2 is 1.86 bits per heavy atom. The van der Waals surface area contributed by atoms with E-state index in [4.69, 9.17) is 24.0 Å². The maximum atomic E-state index is 12.7. The van der Waals surface area contributed by atoms with E-state index >= 15 is 0 Å². The zero-order valence-electron chi connectivity index (χ0n) is 16.3. The molecule has 4 N–H and O–H groups in total. The van der Waals surface area contributed by atoms with Crippen LogP contribution in [-0.4, -0.2) is 53.2 Å². The highest BCUT2D eigenvalue weighted by Gasteiger charge is 2.49. The third-order valence-corrected chi connectivity index (χ3v) is 5.64. The van der Waals surface area contributed by atoms with Crippen LogP contribution in [0.2, 0.25) is 0 Å². The van der Waals surface area contributed by atoms with Crippen LogP contribution in [0.25, 0.3) is 0 Å². The number of amides is 1. The van der Waals surface area contributed by atoms with Gasteiger partial charge in [-0.3, -0.25) is 18.4 Å². The zero-order chi connectivity index (χ0) is 21.1. The summed E-state index contributed by atoms with van der Waals surface area (Å²) < 4.78 is 35.7. The molecule has 1 fully saturated rings. The van der Waals surface area contributed by atoms with Gasteiger partial charge in [0.2, 0.25) is 0 Å². The Balaban J connectivity index is 2.10. The number of phosphoric ester groups is 1. The van der Waals surface area contributed by atoms with Crippen molar-refractivity contribution in [3.05, 3.63) is 30.1 Å². The number of carbonyl (C=O) groups is 1. The number of carbonyl (C=O) groups excluding carboxylic acids is 1. The number of aromatic nitrogens is 1. The molecule has 1 saturated heterocycles. The highest BCUT2D eigenvalue weighted by atomic mass is 31.2. The van der Waals surface area contributed by atoms with Crippen LogP contribution in [0, 0.1) is 0 Å². The molecule has 0 aromatic carbocycles. The van der Waals surface area contributed by atoms with Gasteiger partial charge in [0.05, 0.1) is 18.8 Å². The van der Waals surface area contributed by atoms with E-state index in [1.807, 2.05) is 0 Å². The summed E-state index contributed by atoms with van der Waals surface area (Å²) in [6, 6.07) is 3.08. The van der Waals surface area contributed by atoms with E-state index < -0.39 is 50.5 Å². The summed E-state index contributed by atoms with van der Waals surface area (Å²) >= 11 is 0. The molecule has 1 aliphatic rings. The number of nitrogens with two attached hydrogens (primary N) is 1. The molecule has 2 heterocycles. The molecule has 0 radical (unpaired) electrons. The van der Waals surface area contributed by atoms with Crippen molar-refractivity contribution in [3.63, 3.8) is 0 Å². The molecule has 28 heavy (non-hydrogen) atoms. The van der Waals surface area contributed by atoms with E-state index in [-0.39, 0.29) is 12.2 Å². The third kappa shape index (κ3) is 5.81. The van der Waals surface area contributed by atoms with E-state index in [2.05, 4.69) is 0 Å². The van der Waals surface area contributed by atoms with Crippen LogP contribution in [0.5, 0.6) is 0 Å².